The fourth-order valence-electron chi connectivity index (χ4n) is 1.17. The van der Waals surface area contributed by atoms with Gasteiger partial charge in [-0.05, 0) is 0 Å². The monoisotopic (exact) mass is 152 g/mol. The van der Waals surface area contributed by atoms with E-state index in [-0.39, 0.29) is 0 Å². The van der Waals surface area contributed by atoms with E-state index in [1.54, 1.807) is 11.2 Å². The van der Waals surface area contributed by atoms with E-state index >= 15 is 0 Å². The van der Waals surface area contributed by atoms with Crippen molar-refractivity contribution in [3.8, 4) is 0 Å². The number of amides is 1. The Hall–Kier alpha value is -1.39. The molecule has 0 saturated carbocycles. The van der Waals surface area contributed by atoms with Crippen molar-refractivity contribution < 1.29 is 4.79 Å². The van der Waals surface area contributed by atoms with Gasteiger partial charge in [-0.2, -0.15) is 0 Å². The summed E-state index contributed by atoms with van der Waals surface area (Å²) < 4.78 is 1.96. The van der Waals surface area contributed by atoms with Crippen LogP contribution in [0.2, 0.25) is 0 Å². The number of carbonyl (C=O) groups excluding carboxylic acids is 1. The summed E-state index contributed by atoms with van der Waals surface area (Å²) in [7, 11) is 0. The molecule has 0 spiro atoms. The number of hydrogen-bond acceptors (Lipinski definition) is 3. The predicted molar refractivity (Wildman–Crippen MR) is 36.5 cm³/mol. The molecule has 5 heteroatoms. The molecular weight excluding hydrogens is 144 g/mol. The van der Waals surface area contributed by atoms with Gasteiger partial charge in [0.2, 0.25) is 6.41 Å². The summed E-state index contributed by atoms with van der Waals surface area (Å²) in [5.41, 5.74) is 0. The largest absolute Gasteiger partial charge is 0.336 e. The summed E-state index contributed by atoms with van der Waals surface area (Å²) in [4.78, 5) is 12.0. The topological polar surface area (TPSA) is 51.0 Å². The predicted octanol–water partition coefficient (Wildman–Crippen LogP) is -0.750. The third-order valence-corrected chi connectivity index (χ3v) is 1.82. The molecular formula is C6H8N4O. The first-order valence-electron chi connectivity index (χ1n) is 3.46. The molecule has 0 unspecified atom stereocenters. The molecule has 0 saturated heterocycles. The zero-order chi connectivity index (χ0) is 7.68. The second-order valence-corrected chi connectivity index (χ2v) is 2.52. The van der Waals surface area contributed by atoms with E-state index in [9.17, 15) is 4.79 Å². The average molecular weight is 152 g/mol. The maximum atomic E-state index is 10.4. The average Bonchev–Trinajstić information content (AvgIpc) is 2.50. The molecule has 0 radical (unpaired) electrons. The van der Waals surface area contributed by atoms with Crippen molar-refractivity contribution in [1.29, 1.82) is 0 Å². The highest BCUT2D eigenvalue weighted by Crippen LogP contribution is 2.05. The van der Waals surface area contributed by atoms with Crippen LogP contribution in [-0.2, 0) is 17.9 Å². The maximum Gasteiger partial charge on any atom is 0.210 e. The molecule has 5 nitrogen and oxygen atoms in total. The molecule has 11 heavy (non-hydrogen) atoms. The lowest BCUT2D eigenvalue weighted by molar-refractivity contribution is -0.119. The molecule has 0 N–H and O–H groups in total. The van der Waals surface area contributed by atoms with Gasteiger partial charge < -0.3 is 9.47 Å². The number of fused-ring (bicyclic) bond motifs is 1. The SMILES string of the molecule is O=CN1CCn2cnnc2C1. The van der Waals surface area contributed by atoms with E-state index in [4.69, 9.17) is 0 Å². The summed E-state index contributed by atoms with van der Waals surface area (Å²) in [5, 5.41) is 7.61. The van der Waals surface area contributed by atoms with E-state index < -0.39 is 0 Å². The van der Waals surface area contributed by atoms with Crippen molar-refractivity contribution in [2.24, 2.45) is 0 Å². The Morgan fingerprint density at radius 1 is 1.55 bits per heavy atom. The Morgan fingerprint density at radius 2 is 2.45 bits per heavy atom. The van der Waals surface area contributed by atoms with Crippen LogP contribution in [0.25, 0.3) is 0 Å². The van der Waals surface area contributed by atoms with Gasteiger partial charge in [0.05, 0.1) is 6.54 Å². The third-order valence-electron chi connectivity index (χ3n) is 1.82. The summed E-state index contributed by atoms with van der Waals surface area (Å²) in [5.74, 6) is 0.864. The van der Waals surface area contributed by atoms with Crippen LogP contribution in [0.4, 0.5) is 0 Å². The van der Waals surface area contributed by atoms with Crippen LogP contribution < -0.4 is 0 Å². The first kappa shape index (κ1) is 6.33. The van der Waals surface area contributed by atoms with Gasteiger partial charge in [-0.3, -0.25) is 4.79 Å². The fraction of sp³-hybridized carbons (Fsp3) is 0.500. The Morgan fingerprint density at radius 3 is 3.27 bits per heavy atom. The number of nitrogens with zero attached hydrogens (tertiary/aromatic N) is 4. The van der Waals surface area contributed by atoms with Crippen molar-refractivity contribution in [1.82, 2.24) is 19.7 Å². The lowest BCUT2D eigenvalue weighted by Gasteiger charge is -2.22. The van der Waals surface area contributed by atoms with E-state index in [1.165, 1.54) is 0 Å². The molecule has 0 aromatic carbocycles. The van der Waals surface area contributed by atoms with Crippen molar-refractivity contribution in [2.45, 2.75) is 13.1 Å². The van der Waals surface area contributed by atoms with Crippen LogP contribution in [-0.4, -0.2) is 32.6 Å². The van der Waals surface area contributed by atoms with Gasteiger partial charge in [-0.1, -0.05) is 0 Å². The van der Waals surface area contributed by atoms with E-state index in [0.29, 0.717) is 6.54 Å². The van der Waals surface area contributed by atoms with E-state index in [0.717, 1.165) is 25.3 Å². The van der Waals surface area contributed by atoms with Crippen molar-refractivity contribution in [2.75, 3.05) is 6.54 Å². The highest BCUT2D eigenvalue weighted by Gasteiger charge is 2.14. The molecule has 2 rings (SSSR count). The fourth-order valence-corrected chi connectivity index (χ4v) is 1.17. The van der Waals surface area contributed by atoms with Gasteiger partial charge in [-0.25, -0.2) is 0 Å². The van der Waals surface area contributed by atoms with Gasteiger partial charge in [0.15, 0.2) is 5.82 Å². The van der Waals surface area contributed by atoms with Crippen LogP contribution >= 0.6 is 0 Å². The van der Waals surface area contributed by atoms with Crippen LogP contribution in [0.1, 0.15) is 5.82 Å². The van der Waals surface area contributed by atoms with Gasteiger partial charge in [0.25, 0.3) is 0 Å². The zero-order valence-corrected chi connectivity index (χ0v) is 5.97. The number of rotatable bonds is 1. The van der Waals surface area contributed by atoms with Gasteiger partial charge in [0.1, 0.15) is 6.33 Å². The second kappa shape index (κ2) is 2.34. The molecule has 1 aromatic heterocycles. The lowest BCUT2D eigenvalue weighted by atomic mass is 10.4. The molecule has 1 amide bonds. The maximum absolute atomic E-state index is 10.4. The standard InChI is InChI=1S/C6H8N4O/c11-5-9-1-2-10-4-7-8-6(10)3-9/h4-5H,1-3H2. The molecule has 1 aliphatic heterocycles. The Bertz CT molecular complexity index is 269. The highest BCUT2D eigenvalue weighted by atomic mass is 16.1. The Kier molecular flexibility index (Phi) is 1.34. The van der Waals surface area contributed by atoms with Crippen molar-refractivity contribution in [3.63, 3.8) is 0 Å². The first-order valence-corrected chi connectivity index (χ1v) is 3.46. The molecule has 1 aromatic rings. The number of carbonyl (C=O) groups is 1. The molecule has 0 bridgehead atoms. The highest BCUT2D eigenvalue weighted by molar-refractivity contribution is 5.47. The second-order valence-electron chi connectivity index (χ2n) is 2.52. The summed E-state index contributed by atoms with van der Waals surface area (Å²) in [6, 6.07) is 0. The summed E-state index contributed by atoms with van der Waals surface area (Å²) >= 11 is 0. The van der Waals surface area contributed by atoms with Crippen LogP contribution in [0.3, 0.4) is 0 Å². The summed E-state index contributed by atoms with van der Waals surface area (Å²) in [6.07, 6.45) is 2.54. The van der Waals surface area contributed by atoms with Gasteiger partial charge >= 0.3 is 0 Å². The van der Waals surface area contributed by atoms with E-state index in [1.807, 2.05) is 4.57 Å². The molecule has 0 fully saturated rings. The van der Waals surface area contributed by atoms with E-state index in [2.05, 4.69) is 10.2 Å². The third kappa shape index (κ3) is 0.978. The van der Waals surface area contributed by atoms with Crippen molar-refractivity contribution >= 4 is 6.41 Å². The zero-order valence-electron chi connectivity index (χ0n) is 5.97. The minimum Gasteiger partial charge on any atom is -0.336 e. The molecule has 1 aliphatic rings. The number of aromatic nitrogens is 3. The first-order chi connectivity index (χ1) is 5.40. The van der Waals surface area contributed by atoms with Crippen molar-refractivity contribution in [3.05, 3.63) is 12.2 Å². The Labute approximate surface area is 63.6 Å². The minimum absolute atomic E-state index is 0.587. The lowest BCUT2D eigenvalue weighted by Crippen LogP contribution is -2.32. The molecule has 0 aliphatic carbocycles. The van der Waals surface area contributed by atoms with Gasteiger partial charge in [0, 0.05) is 13.1 Å². The minimum atomic E-state index is 0.587. The van der Waals surface area contributed by atoms with Crippen LogP contribution in [0, 0.1) is 0 Å². The quantitative estimate of drug-likeness (QED) is 0.497. The molecule has 0 atom stereocenters. The van der Waals surface area contributed by atoms with Crippen LogP contribution in [0.5, 0.6) is 0 Å². The van der Waals surface area contributed by atoms with Gasteiger partial charge in [-0.15, -0.1) is 10.2 Å². The molecule has 2 heterocycles. The smallest absolute Gasteiger partial charge is 0.210 e. The molecule has 58 valence electrons. The normalized spacial score (nSPS) is 16.2. The van der Waals surface area contributed by atoms with Crippen LogP contribution in [0.15, 0.2) is 6.33 Å². The Balaban J connectivity index is 2.24. The number of hydrogen-bond donors (Lipinski definition) is 0. The summed E-state index contributed by atoms with van der Waals surface area (Å²) in [6.45, 7) is 2.15.